The molecule has 2 aliphatic rings. The van der Waals surface area contributed by atoms with E-state index in [1.165, 1.54) is 11.8 Å². The Morgan fingerprint density at radius 3 is 2.26 bits per heavy atom. The van der Waals surface area contributed by atoms with Crippen LogP contribution < -0.4 is 10.5 Å². The molecule has 0 unspecified atom stereocenters. The van der Waals surface area contributed by atoms with Crippen molar-refractivity contribution < 1.29 is 14.7 Å². The Hall–Kier alpha value is -2.64. The third-order valence-corrected chi connectivity index (χ3v) is 8.87. The summed E-state index contributed by atoms with van der Waals surface area (Å²) in [6, 6.07) is 2.09. The van der Waals surface area contributed by atoms with Crippen LogP contribution in [0.3, 0.4) is 0 Å². The molecule has 0 aromatic carbocycles. The highest BCUT2D eigenvalue weighted by molar-refractivity contribution is 8.26. The lowest BCUT2D eigenvalue weighted by molar-refractivity contribution is -0.137. The fraction of sp³-hybridized carbons (Fsp3) is 0.621. The van der Waals surface area contributed by atoms with Crippen LogP contribution in [0.1, 0.15) is 101 Å². The van der Waals surface area contributed by atoms with Crippen molar-refractivity contribution in [2.45, 2.75) is 97.4 Å². The topological polar surface area (TPSA) is 107 Å². The van der Waals surface area contributed by atoms with Crippen LogP contribution in [0, 0.1) is 18.3 Å². The van der Waals surface area contributed by atoms with Crippen LogP contribution in [-0.2, 0) is 16.1 Å². The number of carboxylic acids is 1. The van der Waals surface area contributed by atoms with E-state index in [1.54, 1.807) is 16.4 Å². The van der Waals surface area contributed by atoms with Crippen LogP contribution in [0.2, 0.25) is 0 Å². The van der Waals surface area contributed by atoms with Crippen LogP contribution in [0.25, 0.3) is 6.08 Å². The number of rotatable bonds is 14. The number of anilines is 1. The van der Waals surface area contributed by atoms with Gasteiger partial charge in [-0.25, -0.2) is 0 Å². The zero-order valence-corrected chi connectivity index (χ0v) is 24.8. The van der Waals surface area contributed by atoms with Gasteiger partial charge in [-0.3, -0.25) is 23.9 Å². The van der Waals surface area contributed by atoms with E-state index in [2.05, 4.69) is 11.0 Å². The average Bonchev–Trinajstić information content (AvgIpc) is 3.18. The van der Waals surface area contributed by atoms with Gasteiger partial charge in [-0.05, 0) is 57.6 Å². The van der Waals surface area contributed by atoms with Crippen molar-refractivity contribution in [1.29, 1.82) is 5.26 Å². The molecule has 10 heteroatoms. The first kappa shape index (κ1) is 30.9. The highest BCUT2D eigenvalue weighted by Crippen LogP contribution is 2.36. The Morgan fingerprint density at radius 1 is 1.05 bits per heavy atom. The first-order valence-corrected chi connectivity index (χ1v) is 15.4. The number of aliphatic carboxylic acids is 1. The minimum Gasteiger partial charge on any atom is -0.481 e. The summed E-state index contributed by atoms with van der Waals surface area (Å²) in [7, 11) is 0. The van der Waals surface area contributed by atoms with E-state index in [0.29, 0.717) is 27.9 Å². The first-order chi connectivity index (χ1) is 18.8. The molecule has 3 heterocycles. The summed E-state index contributed by atoms with van der Waals surface area (Å²) in [5.41, 5.74) is 1.23. The molecule has 1 N–H and O–H groups in total. The summed E-state index contributed by atoms with van der Waals surface area (Å²) in [4.78, 5) is 41.5. The zero-order chi connectivity index (χ0) is 28.4. The molecular formula is C29H40N4O4S2. The molecule has 1 amide bonds. The largest absolute Gasteiger partial charge is 0.481 e. The molecule has 0 spiro atoms. The molecule has 0 atom stereocenters. The Kier molecular flexibility index (Phi) is 12.1. The molecule has 0 radical (unpaired) electrons. The third kappa shape index (κ3) is 7.95. The number of unbranched alkanes of at least 4 members (excludes halogenated alkanes) is 7. The summed E-state index contributed by atoms with van der Waals surface area (Å²) in [5.74, 6) is -0.0397. The molecule has 2 saturated heterocycles. The number of piperidine rings is 1. The number of thioether (sulfide) groups is 1. The van der Waals surface area contributed by atoms with Gasteiger partial charge >= 0.3 is 5.97 Å². The second-order valence-electron chi connectivity index (χ2n) is 10.3. The lowest BCUT2D eigenvalue weighted by atomic mass is 10.0. The number of thiocarbonyl (C=S) groups is 1. The van der Waals surface area contributed by atoms with Gasteiger partial charge in [0.2, 0.25) is 0 Å². The molecule has 0 saturated carbocycles. The maximum Gasteiger partial charge on any atom is 0.303 e. The summed E-state index contributed by atoms with van der Waals surface area (Å²) < 4.78 is 2.22. The van der Waals surface area contributed by atoms with Crippen molar-refractivity contribution in [3.8, 4) is 6.07 Å². The average molecular weight is 573 g/mol. The van der Waals surface area contributed by atoms with Crippen LogP contribution in [0.4, 0.5) is 5.82 Å². The number of pyridine rings is 1. The van der Waals surface area contributed by atoms with Gasteiger partial charge in [0, 0.05) is 38.2 Å². The highest BCUT2D eigenvalue weighted by atomic mass is 32.2. The minimum absolute atomic E-state index is 0.111. The predicted octanol–water partition coefficient (Wildman–Crippen LogP) is 5.84. The zero-order valence-electron chi connectivity index (χ0n) is 23.2. The second kappa shape index (κ2) is 15.2. The second-order valence-corrected chi connectivity index (χ2v) is 11.9. The minimum atomic E-state index is -0.727. The Balaban J connectivity index is 1.68. The Morgan fingerprint density at radius 2 is 1.67 bits per heavy atom. The Labute approximate surface area is 241 Å². The number of hydrogen-bond donors (Lipinski definition) is 1. The van der Waals surface area contributed by atoms with Crippen molar-refractivity contribution >= 4 is 52.1 Å². The standard InChI is InChI=1S/C29H40N4O4S2/c1-3-32-26(31-16-12-10-13-17-31)22(21(2)23(20-30)27(32)36)19-24-28(37)33(29(38)39-24)18-14-9-7-5-4-6-8-11-15-25(34)35/h19H,3-18H2,1-2H3,(H,34,35)/b24-19+. The molecule has 212 valence electrons. The fourth-order valence-corrected chi connectivity index (χ4v) is 6.60. The molecular weight excluding hydrogens is 532 g/mol. The first-order valence-electron chi connectivity index (χ1n) is 14.2. The van der Waals surface area contributed by atoms with Crippen molar-refractivity contribution in [3.05, 3.63) is 31.9 Å². The molecule has 1 aromatic heterocycles. The van der Waals surface area contributed by atoms with Crippen molar-refractivity contribution in [2.24, 2.45) is 0 Å². The lowest BCUT2D eigenvalue weighted by Crippen LogP contribution is -2.37. The molecule has 0 bridgehead atoms. The van der Waals surface area contributed by atoms with Gasteiger partial charge in [-0.15, -0.1) is 0 Å². The van der Waals surface area contributed by atoms with E-state index in [-0.39, 0.29) is 23.5 Å². The molecule has 0 aliphatic carbocycles. The van der Waals surface area contributed by atoms with E-state index in [0.717, 1.165) is 95.1 Å². The van der Waals surface area contributed by atoms with E-state index in [1.807, 2.05) is 13.0 Å². The normalized spacial score (nSPS) is 16.8. The lowest BCUT2D eigenvalue weighted by Gasteiger charge is -2.33. The summed E-state index contributed by atoms with van der Waals surface area (Å²) in [6.45, 7) is 6.42. The van der Waals surface area contributed by atoms with Crippen LogP contribution >= 0.6 is 24.0 Å². The number of aromatic nitrogens is 1. The van der Waals surface area contributed by atoms with Gasteiger partial charge in [-0.2, -0.15) is 5.26 Å². The van der Waals surface area contributed by atoms with Gasteiger partial charge < -0.3 is 10.0 Å². The summed E-state index contributed by atoms with van der Waals surface area (Å²) in [6.07, 6.45) is 13.3. The van der Waals surface area contributed by atoms with Gasteiger partial charge in [0.15, 0.2) is 0 Å². The monoisotopic (exact) mass is 572 g/mol. The number of carbonyl (C=O) groups excluding carboxylic acids is 1. The predicted molar refractivity (Wildman–Crippen MR) is 161 cm³/mol. The quantitative estimate of drug-likeness (QED) is 0.168. The smallest absolute Gasteiger partial charge is 0.303 e. The molecule has 1 aromatic rings. The van der Waals surface area contributed by atoms with E-state index < -0.39 is 5.97 Å². The number of carbonyl (C=O) groups is 2. The number of amides is 1. The van der Waals surface area contributed by atoms with Gasteiger partial charge in [0.05, 0.1) is 4.91 Å². The number of nitrogens with zero attached hydrogens (tertiary/aromatic N) is 4. The number of carboxylic acid groups (broad SMARTS) is 1. The molecule has 8 nitrogen and oxygen atoms in total. The maximum absolute atomic E-state index is 13.4. The third-order valence-electron chi connectivity index (χ3n) is 7.49. The summed E-state index contributed by atoms with van der Waals surface area (Å²) in [5, 5.41) is 18.4. The van der Waals surface area contributed by atoms with Gasteiger partial charge in [0.1, 0.15) is 21.8 Å². The van der Waals surface area contributed by atoms with E-state index in [4.69, 9.17) is 17.3 Å². The van der Waals surface area contributed by atoms with Crippen LogP contribution in [0.15, 0.2) is 9.70 Å². The molecule has 2 aliphatic heterocycles. The highest BCUT2D eigenvalue weighted by Gasteiger charge is 2.33. The van der Waals surface area contributed by atoms with Gasteiger partial charge in [-0.1, -0.05) is 62.5 Å². The number of nitriles is 1. The van der Waals surface area contributed by atoms with Crippen molar-refractivity contribution in [3.63, 3.8) is 0 Å². The van der Waals surface area contributed by atoms with Crippen LogP contribution in [0.5, 0.6) is 0 Å². The fourth-order valence-electron chi connectivity index (χ4n) is 5.31. The van der Waals surface area contributed by atoms with E-state index >= 15 is 0 Å². The maximum atomic E-state index is 13.4. The van der Waals surface area contributed by atoms with Gasteiger partial charge in [0.25, 0.3) is 11.5 Å². The number of hydrogen-bond acceptors (Lipinski definition) is 7. The van der Waals surface area contributed by atoms with Crippen molar-refractivity contribution in [2.75, 3.05) is 24.5 Å². The van der Waals surface area contributed by atoms with Crippen molar-refractivity contribution in [1.82, 2.24) is 9.47 Å². The van der Waals surface area contributed by atoms with E-state index in [9.17, 15) is 19.6 Å². The Bertz CT molecular complexity index is 1200. The molecule has 2 fully saturated rings. The SMILES string of the molecule is CCn1c(N2CCCCC2)c(/C=C2/SC(=S)N(CCCCCCCCCCC(=O)O)C2=O)c(C)c(C#N)c1=O. The molecule has 3 rings (SSSR count). The summed E-state index contributed by atoms with van der Waals surface area (Å²) >= 11 is 6.86. The van der Waals surface area contributed by atoms with Crippen LogP contribution in [-0.4, -0.2) is 50.4 Å². The molecule has 39 heavy (non-hydrogen) atoms.